The van der Waals surface area contributed by atoms with E-state index in [0.29, 0.717) is 11.3 Å². The van der Waals surface area contributed by atoms with Gasteiger partial charge in [-0.15, -0.1) is 0 Å². The van der Waals surface area contributed by atoms with Gasteiger partial charge in [0.25, 0.3) is 5.91 Å². The molecule has 0 heterocycles. The molecule has 1 amide bonds. The first-order valence-corrected chi connectivity index (χ1v) is 6.02. The molecule has 0 radical (unpaired) electrons. The molecule has 0 saturated heterocycles. The number of hydrogen-bond acceptors (Lipinski definition) is 4. The monoisotopic (exact) mass is 250 g/mol. The number of anilines is 1. The highest BCUT2D eigenvalue weighted by Gasteiger charge is 2.14. The zero-order valence-electron chi connectivity index (χ0n) is 11.3. The standard InChI is InChI=1S/C13H22N4O/c1-16(2)9-6-10-17(3)13(18)11-7-4-5-8-12(11)15-14/h4-5,7-8,15H,6,9-10,14H2,1-3H3. The van der Waals surface area contributed by atoms with E-state index >= 15 is 0 Å². The molecule has 0 unspecified atom stereocenters. The third-order valence-corrected chi connectivity index (χ3v) is 2.76. The van der Waals surface area contributed by atoms with Crippen LogP contribution >= 0.6 is 0 Å². The summed E-state index contributed by atoms with van der Waals surface area (Å²) in [5.41, 5.74) is 3.81. The van der Waals surface area contributed by atoms with E-state index in [-0.39, 0.29) is 5.91 Å². The molecule has 0 aliphatic heterocycles. The second-order valence-corrected chi connectivity index (χ2v) is 4.57. The molecular weight excluding hydrogens is 228 g/mol. The van der Waals surface area contributed by atoms with Crippen LogP contribution in [0.1, 0.15) is 16.8 Å². The maximum Gasteiger partial charge on any atom is 0.255 e. The molecule has 0 aliphatic carbocycles. The number of nitrogen functional groups attached to an aromatic ring is 1. The second-order valence-electron chi connectivity index (χ2n) is 4.57. The number of carbonyl (C=O) groups excluding carboxylic acids is 1. The van der Waals surface area contributed by atoms with Crippen LogP contribution in [-0.2, 0) is 0 Å². The van der Waals surface area contributed by atoms with E-state index in [1.807, 2.05) is 33.3 Å². The smallest absolute Gasteiger partial charge is 0.255 e. The Morgan fingerprint density at radius 1 is 1.22 bits per heavy atom. The van der Waals surface area contributed by atoms with E-state index in [1.54, 1.807) is 17.0 Å². The highest BCUT2D eigenvalue weighted by Crippen LogP contribution is 2.15. The summed E-state index contributed by atoms with van der Waals surface area (Å²) < 4.78 is 0. The Bertz CT molecular complexity index is 392. The van der Waals surface area contributed by atoms with Crippen molar-refractivity contribution in [3.8, 4) is 0 Å². The number of para-hydroxylation sites is 1. The second kappa shape index (κ2) is 6.98. The van der Waals surface area contributed by atoms with Crippen LogP contribution in [0.2, 0.25) is 0 Å². The Balaban J connectivity index is 2.62. The normalized spacial score (nSPS) is 10.5. The number of nitrogens with two attached hydrogens (primary N) is 1. The Morgan fingerprint density at radius 3 is 2.50 bits per heavy atom. The van der Waals surface area contributed by atoms with Crippen molar-refractivity contribution in [3.63, 3.8) is 0 Å². The van der Waals surface area contributed by atoms with Crippen molar-refractivity contribution in [1.82, 2.24) is 9.80 Å². The number of rotatable bonds is 6. The Hall–Kier alpha value is -1.59. The van der Waals surface area contributed by atoms with Crippen LogP contribution in [0, 0.1) is 0 Å². The molecule has 5 nitrogen and oxygen atoms in total. The van der Waals surface area contributed by atoms with Crippen LogP contribution in [0.25, 0.3) is 0 Å². The third-order valence-electron chi connectivity index (χ3n) is 2.76. The maximum atomic E-state index is 12.2. The molecule has 0 aliphatic rings. The first-order chi connectivity index (χ1) is 8.56. The fourth-order valence-corrected chi connectivity index (χ4v) is 1.73. The predicted molar refractivity (Wildman–Crippen MR) is 74.4 cm³/mol. The molecule has 1 rings (SSSR count). The van der Waals surface area contributed by atoms with Crippen molar-refractivity contribution in [3.05, 3.63) is 29.8 Å². The third kappa shape index (κ3) is 4.01. The summed E-state index contributed by atoms with van der Waals surface area (Å²) in [6.07, 6.45) is 0.952. The zero-order valence-corrected chi connectivity index (χ0v) is 11.3. The van der Waals surface area contributed by atoms with Gasteiger partial charge in [-0.2, -0.15) is 0 Å². The largest absolute Gasteiger partial charge is 0.342 e. The number of nitrogens with zero attached hydrogens (tertiary/aromatic N) is 2. The summed E-state index contributed by atoms with van der Waals surface area (Å²) in [6, 6.07) is 7.25. The quantitative estimate of drug-likeness (QED) is 0.584. The Labute approximate surface area is 109 Å². The van der Waals surface area contributed by atoms with Gasteiger partial charge in [0.2, 0.25) is 0 Å². The number of benzene rings is 1. The number of carbonyl (C=O) groups is 1. The summed E-state index contributed by atoms with van der Waals surface area (Å²) in [5.74, 6) is 5.39. The lowest BCUT2D eigenvalue weighted by atomic mass is 10.1. The molecule has 18 heavy (non-hydrogen) atoms. The van der Waals surface area contributed by atoms with Crippen LogP contribution in [0.5, 0.6) is 0 Å². The average molecular weight is 250 g/mol. The van der Waals surface area contributed by atoms with Crippen molar-refractivity contribution in [2.75, 3.05) is 39.7 Å². The van der Waals surface area contributed by atoms with Gasteiger partial charge in [-0.25, -0.2) is 0 Å². The minimum atomic E-state index is -0.0118. The molecule has 1 aromatic rings. The fourth-order valence-electron chi connectivity index (χ4n) is 1.73. The predicted octanol–water partition coefficient (Wildman–Crippen LogP) is 0.996. The Morgan fingerprint density at radius 2 is 1.89 bits per heavy atom. The van der Waals surface area contributed by atoms with Crippen LogP contribution in [0.4, 0.5) is 5.69 Å². The van der Waals surface area contributed by atoms with Gasteiger partial charge in [-0.3, -0.25) is 10.6 Å². The van der Waals surface area contributed by atoms with E-state index in [2.05, 4.69) is 10.3 Å². The van der Waals surface area contributed by atoms with Crippen LogP contribution in [-0.4, -0.2) is 49.9 Å². The Kier molecular flexibility index (Phi) is 5.61. The van der Waals surface area contributed by atoms with Gasteiger partial charge < -0.3 is 15.2 Å². The molecule has 3 N–H and O–H groups in total. The van der Waals surface area contributed by atoms with Crippen LogP contribution in [0.3, 0.4) is 0 Å². The molecule has 0 fully saturated rings. The van der Waals surface area contributed by atoms with Gasteiger partial charge in [0.05, 0.1) is 11.3 Å². The van der Waals surface area contributed by atoms with E-state index in [1.165, 1.54) is 0 Å². The lowest BCUT2D eigenvalue weighted by molar-refractivity contribution is 0.0791. The van der Waals surface area contributed by atoms with Crippen molar-refractivity contribution in [1.29, 1.82) is 0 Å². The van der Waals surface area contributed by atoms with Crippen molar-refractivity contribution < 1.29 is 4.79 Å². The van der Waals surface area contributed by atoms with E-state index < -0.39 is 0 Å². The lowest BCUT2D eigenvalue weighted by Crippen LogP contribution is -2.30. The van der Waals surface area contributed by atoms with Gasteiger partial charge in [0.15, 0.2) is 0 Å². The van der Waals surface area contributed by atoms with E-state index in [0.717, 1.165) is 19.5 Å². The minimum absolute atomic E-state index is 0.0118. The van der Waals surface area contributed by atoms with Gasteiger partial charge >= 0.3 is 0 Å². The van der Waals surface area contributed by atoms with Gasteiger partial charge in [-0.1, -0.05) is 12.1 Å². The first kappa shape index (κ1) is 14.5. The highest BCUT2D eigenvalue weighted by molar-refractivity contribution is 5.99. The molecule has 100 valence electrons. The average Bonchev–Trinajstić information content (AvgIpc) is 2.37. The zero-order chi connectivity index (χ0) is 13.5. The van der Waals surface area contributed by atoms with Crippen molar-refractivity contribution in [2.45, 2.75) is 6.42 Å². The SMILES string of the molecule is CN(C)CCCN(C)C(=O)c1ccccc1NN. The molecule has 1 aromatic carbocycles. The highest BCUT2D eigenvalue weighted by atomic mass is 16.2. The molecule has 0 saturated carbocycles. The summed E-state index contributed by atoms with van der Waals surface area (Å²) in [5, 5.41) is 0. The summed E-state index contributed by atoms with van der Waals surface area (Å²) >= 11 is 0. The fraction of sp³-hybridized carbons (Fsp3) is 0.462. The summed E-state index contributed by atoms with van der Waals surface area (Å²) in [4.78, 5) is 16.0. The molecule has 5 heteroatoms. The van der Waals surface area contributed by atoms with Crippen LogP contribution < -0.4 is 11.3 Å². The van der Waals surface area contributed by atoms with Crippen molar-refractivity contribution >= 4 is 11.6 Å². The molecule has 0 spiro atoms. The lowest BCUT2D eigenvalue weighted by Gasteiger charge is -2.19. The maximum absolute atomic E-state index is 12.2. The van der Waals surface area contributed by atoms with Gasteiger partial charge in [0.1, 0.15) is 0 Å². The summed E-state index contributed by atoms with van der Waals surface area (Å²) in [6.45, 7) is 1.70. The first-order valence-electron chi connectivity index (χ1n) is 6.02. The van der Waals surface area contributed by atoms with Gasteiger partial charge in [-0.05, 0) is 39.2 Å². The van der Waals surface area contributed by atoms with Gasteiger partial charge in [0, 0.05) is 13.6 Å². The van der Waals surface area contributed by atoms with E-state index in [9.17, 15) is 4.79 Å². The number of nitrogens with one attached hydrogen (secondary N) is 1. The molecule has 0 aromatic heterocycles. The molecule has 0 bridgehead atoms. The summed E-state index contributed by atoms with van der Waals surface area (Å²) in [7, 11) is 5.86. The topological polar surface area (TPSA) is 61.6 Å². The molecule has 0 atom stereocenters. The number of amides is 1. The van der Waals surface area contributed by atoms with E-state index in [4.69, 9.17) is 5.84 Å². The van der Waals surface area contributed by atoms with Crippen molar-refractivity contribution in [2.24, 2.45) is 5.84 Å². The number of hydrazine groups is 1. The van der Waals surface area contributed by atoms with Crippen LogP contribution in [0.15, 0.2) is 24.3 Å². The number of hydrogen-bond donors (Lipinski definition) is 2. The minimum Gasteiger partial charge on any atom is -0.342 e. The molecular formula is C13H22N4O.